The fraction of sp³-hybridized carbons (Fsp3) is 0.571. The molecule has 2 unspecified atom stereocenters. The Morgan fingerprint density at radius 2 is 1.46 bits per heavy atom. The van der Waals surface area contributed by atoms with Crippen LogP contribution < -0.4 is 0 Å². The maximum absolute atomic E-state index is 15.2. The van der Waals surface area contributed by atoms with Gasteiger partial charge in [-0.1, -0.05) is 0 Å². The first kappa shape index (κ1) is 20.6. The lowest BCUT2D eigenvalue weighted by Crippen LogP contribution is -2.52. The van der Waals surface area contributed by atoms with Crippen LogP contribution in [0.3, 0.4) is 0 Å². The first-order valence-corrected chi connectivity index (χ1v) is 14.0. The van der Waals surface area contributed by atoms with Gasteiger partial charge >= 0.3 is 11.9 Å². The Hall–Kier alpha value is -1.43. The van der Waals surface area contributed by atoms with E-state index in [1.165, 1.54) is 19.6 Å². The van der Waals surface area contributed by atoms with Crippen molar-refractivity contribution in [2.75, 3.05) is 0 Å². The molecule has 0 N–H and O–H groups in total. The molecule has 0 heterocycles. The van der Waals surface area contributed by atoms with Crippen molar-refractivity contribution in [3.63, 3.8) is 0 Å². The molecule has 136 valence electrons. The highest BCUT2D eigenvalue weighted by Gasteiger charge is 2.60. The molecule has 0 aromatic rings. The number of hydrogen-bond acceptors (Lipinski definition) is 4. The molecule has 0 amide bonds. The van der Waals surface area contributed by atoms with E-state index in [2.05, 4.69) is 0 Å². The first-order valence-electron chi connectivity index (χ1n) is 7.18. The second-order valence-corrected chi connectivity index (χ2v) is 16.2. The molecule has 0 saturated carbocycles. The van der Waals surface area contributed by atoms with Crippen LogP contribution in [0.2, 0.25) is 39.3 Å². The van der Waals surface area contributed by atoms with E-state index in [0.717, 1.165) is 0 Å². The number of hydrogen-bond donors (Lipinski definition) is 0. The smallest absolute Gasteiger partial charge is 0.339 e. The summed E-state index contributed by atoms with van der Waals surface area (Å²) in [6, 6.07) is 0. The molecule has 0 fully saturated rings. The van der Waals surface area contributed by atoms with Crippen LogP contribution in [0, 0.1) is 5.92 Å². The molecule has 10 heteroatoms. The topological polar surface area (TPSA) is 52.6 Å². The Balaban J connectivity index is 3.38. The van der Waals surface area contributed by atoms with Crippen LogP contribution in [0.4, 0.5) is 17.6 Å². The fourth-order valence-electron chi connectivity index (χ4n) is 1.90. The van der Waals surface area contributed by atoms with Gasteiger partial charge in [0, 0.05) is 0 Å². The molecule has 24 heavy (non-hydrogen) atoms. The predicted octanol–water partition coefficient (Wildman–Crippen LogP) is 4.08. The van der Waals surface area contributed by atoms with E-state index in [9.17, 15) is 22.8 Å². The zero-order valence-electron chi connectivity index (χ0n) is 14.3. The number of halogens is 4. The largest absolute Gasteiger partial charge is 0.519 e. The lowest BCUT2D eigenvalue weighted by atomic mass is 9.83. The molecule has 0 aromatic carbocycles. The highest BCUT2D eigenvalue weighted by molar-refractivity contribution is 6.71. The van der Waals surface area contributed by atoms with Crippen molar-refractivity contribution in [2.45, 2.75) is 45.0 Å². The molecule has 1 aliphatic carbocycles. The number of carbonyl (C=O) groups excluding carboxylic acids is 2. The van der Waals surface area contributed by atoms with Crippen LogP contribution in [0.15, 0.2) is 23.6 Å². The summed E-state index contributed by atoms with van der Waals surface area (Å²) in [6.45, 7) is 9.30. The molecule has 4 nitrogen and oxygen atoms in total. The third-order valence-electron chi connectivity index (χ3n) is 2.82. The molecular formula is C14H20F4O4Si2. The lowest BCUT2D eigenvalue weighted by molar-refractivity contribution is -0.158. The van der Waals surface area contributed by atoms with Crippen LogP contribution in [0.25, 0.3) is 0 Å². The summed E-state index contributed by atoms with van der Waals surface area (Å²) in [5.41, 5.74) is -3.79. The van der Waals surface area contributed by atoms with Gasteiger partial charge in [-0.2, -0.15) is 0 Å². The molecule has 0 aromatic heterocycles. The van der Waals surface area contributed by atoms with Gasteiger partial charge < -0.3 is 8.85 Å². The van der Waals surface area contributed by atoms with Gasteiger partial charge in [0.2, 0.25) is 16.6 Å². The van der Waals surface area contributed by atoms with E-state index < -0.39 is 57.6 Å². The summed E-state index contributed by atoms with van der Waals surface area (Å²) in [7, 11) is -5.24. The van der Waals surface area contributed by atoms with Gasteiger partial charge in [-0.15, -0.1) is 0 Å². The van der Waals surface area contributed by atoms with Gasteiger partial charge in [0.05, 0.1) is 0 Å². The van der Waals surface area contributed by atoms with E-state index in [1.807, 2.05) is 0 Å². The zero-order chi connectivity index (χ0) is 19.1. The maximum Gasteiger partial charge on any atom is 0.339 e. The van der Waals surface area contributed by atoms with Gasteiger partial charge in [0.15, 0.2) is 17.5 Å². The van der Waals surface area contributed by atoms with Gasteiger partial charge in [-0.3, -0.25) is 4.79 Å². The fourth-order valence-corrected chi connectivity index (χ4v) is 3.34. The van der Waals surface area contributed by atoms with Crippen molar-refractivity contribution in [1.82, 2.24) is 0 Å². The Bertz CT molecular complexity index is 619. The monoisotopic (exact) mass is 384 g/mol. The number of rotatable bonds is 4. The van der Waals surface area contributed by atoms with Crippen LogP contribution in [-0.4, -0.2) is 34.2 Å². The number of carbonyl (C=O) groups is 2. The Kier molecular flexibility index (Phi) is 5.56. The Morgan fingerprint density at radius 1 is 1.00 bits per heavy atom. The molecular weight excluding hydrogens is 364 g/mol. The van der Waals surface area contributed by atoms with E-state index in [-0.39, 0.29) is 6.08 Å². The van der Waals surface area contributed by atoms with Gasteiger partial charge in [-0.25, -0.2) is 22.4 Å². The minimum atomic E-state index is -3.79. The summed E-state index contributed by atoms with van der Waals surface area (Å²) < 4.78 is 66.2. The van der Waals surface area contributed by atoms with Gasteiger partial charge in [0.1, 0.15) is 5.92 Å². The molecule has 0 bridgehead atoms. The third kappa shape index (κ3) is 4.35. The highest BCUT2D eigenvalue weighted by Crippen LogP contribution is 2.44. The summed E-state index contributed by atoms with van der Waals surface area (Å²) in [5, 5.41) is 0. The quantitative estimate of drug-likeness (QED) is 0.541. The molecule has 0 saturated heterocycles. The predicted molar refractivity (Wildman–Crippen MR) is 84.6 cm³/mol. The van der Waals surface area contributed by atoms with Crippen LogP contribution >= 0.6 is 0 Å². The van der Waals surface area contributed by atoms with E-state index in [0.29, 0.717) is 0 Å². The van der Waals surface area contributed by atoms with Crippen LogP contribution in [0.1, 0.15) is 0 Å². The van der Waals surface area contributed by atoms with Crippen LogP contribution in [0.5, 0.6) is 0 Å². The zero-order valence-corrected chi connectivity index (χ0v) is 16.3. The van der Waals surface area contributed by atoms with E-state index in [1.54, 1.807) is 19.6 Å². The molecule has 0 radical (unpaired) electrons. The number of alkyl halides is 1. The molecule has 0 aliphatic heterocycles. The standard InChI is InChI=1S/C14H20F4O4Si2/c1-23(2,3)21-12(19)8-7-9(15)10(16)11(17)14(8,18)13(20)22-24(4,5)6/h7-8H,1-6H3. The van der Waals surface area contributed by atoms with Crippen molar-refractivity contribution in [3.8, 4) is 0 Å². The van der Waals surface area contributed by atoms with E-state index in [4.69, 9.17) is 8.85 Å². The Labute approximate surface area is 139 Å². The minimum absolute atomic E-state index is 0.215. The summed E-state index contributed by atoms with van der Waals surface area (Å²) >= 11 is 0. The SMILES string of the molecule is C[Si](C)(C)OC(=O)C1C=C(F)C(F)=C(F)C1(F)C(=O)O[Si](C)(C)C. The highest BCUT2D eigenvalue weighted by atomic mass is 28.4. The van der Waals surface area contributed by atoms with Crippen molar-refractivity contribution in [1.29, 1.82) is 0 Å². The first-order chi connectivity index (χ1) is 10.6. The molecule has 0 spiro atoms. The summed E-state index contributed by atoms with van der Waals surface area (Å²) in [4.78, 5) is 24.3. The minimum Gasteiger partial charge on any atom is -0.519 e. The molecule has 1 rings (SSSR count). The Morgan fingerprint density at radius 3 is 1.88 bits per heavy atom. The summed E-state index contributed by atoms with van der Waals surface area (Å²) in [5.74, 6) is -11.7. The summed E-state index contributed by atoms with van der Waals surface area (Å²) in [6.07, 6.45) is 0.215. The third-order valence-corrected chi connectivity index (χ3v) is 4.43. The molecule has 1 aliphatic rings. The van der Waals surface area contributed by atoms with Crippen LogP contribution in [-0.2, 0) is 18.4 Å². The van der Waals surface area contributed by atoms with Gasteiger partial charge in [0.25, 0.3) is 5.67 Å². The second kappa shape index (κ2) is 6.47. The average molecular weight is 384 g/mol. The van der Waals surface area contributed by atoms with Crippen molar-refractivity contribution in [2.24, 2.45) is 5.92 Å². The van der Waals surface area contributed by atoms with Crippen molar-refractivity contribution in [3.05, 3.63) is 23.6 Å². The van der Waals surface area contributed by atoms with Gasteiger partial charge in [-0.05, 0) is 45.4 Å². The van der Waals surface area contributed by atoms with Crippen molar-refractivity contribution < 1.29 is 36.0 Å². The normalized spacial score (nSPS) is 25.2. The number of allylic oxidation sites excluding steroid dienone is 2. The van der Waals surface area contributed by atoms with E-state index >= 15 is 4.39 Å². The maximum atomic E-state index is 15.2. The average Bonchev–Trinajstić information content (AvgIpc) is 2.36. The molecule has 2 atom stereocenters. The lowest BCUT2D eigenvalue weighted by Gasteiger charge is -2.33. The second-order valence-electron chi connectivity index (χ2n) is 7.37. The van der Waals surface area contributed by atoms with Crippen molar-refractivity contribution >= 4 is 28.6 Å².